The fourth-order valence-electron chi connectivity index (χ4n) is 2.90. The summed E-state index contributed by atoms with van der Waals surface area (Å²) in [6.45, 7) is 5.19. The number of unbranched alkanes of at least 4 members (excludes halogenated alkanes) is 3. The Bertz CT molecular complexity index is 914. The second kappa shape index (κ2) is 13.0. The molecule has 31 heavy (non-hydrogen) atoms. The zero-order chi connectivity index (χ0) is 22.5. The molecule has 6 heteroatoms. The van der Waals surface area contributed by atoms with Crippen molar-refractivity contribution in [3.05, 3.63) is 53.6 Å². The van der Waals surface area contributed by atoms with Crippen molar-refractivity contribution in [2.24, 2.45) is 0 Å². The second-order valence-electron chi connectivity index (χ2n) is 6.90. The Labute approximate surface area is 184 Å². The lowest BCUT2D eigenvalue weighted by atomic mass is 10.1. The monoisotopic (exact) mass is 422 g/mol. The Kier molecular flexibility index (Phi) is 9.96. The Balaban J connectivity index is 2.11. The van der Waals surface area contributed by atoms with Crippen LogP contribution in [0.4, 0.5) is 5.69 Å². The van der Waals surface area contributed by atoms with Crippen LogP contribution in [0.15, 0.2) is 48.0 Å². The van der Waals surface area contributed by atoms with Crippen LogP contribution in [-0.4, -0.2) is 26.2 Å². The number of rotatable bonds is 12. The smallest absolute Gasteiger partial charge is 0.266 e. The quantitative estimate of drug-likeness (QED) is 0.274. The Hall–Kier alpha value is -3.46. The van der Waals surface area contributed by atoms with Gasteiger partial charge in [0.15, 0.2) is 11.5 Å². The van der Waals surface area contributed by atoms with Crippen LogP contribution >= 0.6 is 0 Å². The number of nitrogens with zero attached hydrogens (tertiary/aromatic N) is 1. The molecular weight excluding hydrogens is 392 g/mol. The van der Waals surface area contributed by atoms with Gasteiger partial charge in [0.2, 0.25) is 0 Å². The van der Waals surface area contributed by atoms with E-state index in [4.69, 9.17) is 14.2 Å². The number of amides is 1. The summed E-state index contributed by atoms with van der Waals surface area (Å²) < 4.78 is 16.7. The van der Waals surface area contributed by atoms with Crippen molar-refractivity contribution in [3.8, 4) is 23.3 Å². The number of methoxy groups -OCH3 is 1. The topological polar surface area (TPSA) is 80.6 Å². The summed E-state index contributed by atoms with van der Waals surface area (Å²) in [6.07, 6.45) is 6.03. The first kappa shape index (κ1) is 23.8. The number of hydrogen-bond acceptors (Lipinski definition) is 5. The van der Waals surface area contributed by atoms with Crippen molar-refractivity contribution >= 4 is 17.7 Å². The molecule has 0 saturated carbocycles. The van der Waals surface area contributed by atoms with Crippen LogP contribution in [0.5, 0.6) is 17.2 Å². The summed E-state index contributed by atoms with van der Waals surface area (Å²) in [5.74, 6) is 1.46. The normalized spacial score (nSPS) is 10.8. The molecule has 0 heterocycles. The van der Waals surface area contributed by atoms with Crippen LogP contribution in [0.1, 0.15) is 45.1 Å². The number of benzene rings is 2. The predicted octanol–water partition coefficient (Wildman–Crippen LogP) is 5.60. The summed E-state index contributed by atoms with van der Waals surface area (Å²) in [5, 5.41) is 12.2. The molecule has 1 N–H and O–H groups in total. The van der Waals surface area contributed by atoms with Gasteiger partial charge in [-0.15, -0.1) is 0 Å². The Morgan fingerprint density at radius 1 is 1.03 bits per heavy atom. The van der Waals surface area contributed by atoms with Crippen molar-refractivity contribution in [1.29, 1.82) is 5.26 Å². The lowest BCUT2D eigenvalue weighted by molar-refractivity contribution is -0.112. The molecule has 164 valence electrons. The van der Waals surface area contributed by atoms with E-state index in [2.05, 4.69) is 12.2 Å². The van der Waals surface area contributed by atoms with Gasteiger partial charge in [0, 0.05) is 5.69 Å². The highest BCUT2D eigenvalue weighted by molar-refractivity contribution is 6.09. The maximum Gasteiger partial charge on any atom is 0.266 e. The maximum atomic E-state index is 12.5. The molecule has 0 spiro atoms. The number of anilines is 1. The fourth-order valence-corrected chi connectivity index (χ4v) is 2.90. The molecule has 0 aliphatic rings. The Morgan fingerprint density at radius 3 is 2.45 bits per heavy atom. The summed E-state index contributed by atoms with van der Waals surface area (Å²) in [6, 6.07) is 14.3. The van der Waals surface area contributed by atoms with E-state index in [1.807, 2.05) is 25.1 Å². The largest absolute Gasteiger partial charge is 0.497 e. The predicted molar refractivity (Wildman–Crippen MR) is 122 cm³/mol. The molecule has 2 aromatic rings. The minimum absolute atomic E-state index is 0.00787. The van der Waals surface area contributed by atoms with Crippen molar-refractivity contribution in [2.75, 3.05) is 25.6 Å². The van der Waals surface area contributed by atoms with E-state index in [-0.39, 0.29) is 5.57 Å². The van der Waals surface area contributed by atoms with Gasteiger partial charge in [-0.25, -0.2) is 0 Å². The van der Waals surface area contributed by atoms with Gasteiger partial charge in [-0.2, -0.15) is 5.26 Å². The van der Waals surface area contributed by atoms with Crippen molar-refractivity contribution in [1.82, 2.24) is 0 Å². The standard InChI is InChI=1S/C25H30N2O4/c1-4-6-7-8-15-31-23-14-9-19(17-24(23)30-5-2)16-20(18-26)25(28)27-21-10-12-22(29-3)13-11-21/h9-14,16-17H,4-8,15H2,1-3H3,(H,27,28)/b20-16-. The molecule has 1 amide bonds. The van der Waals surface area contributed by atoms with Crippen LogP contribution in [0.3, 0.4) is 0 Å². The molecule has 0 saturated heterocycles. The first-order valence-electron chi connectivity index (χ1n) is 10.6. The number of carbonyl (C=O) groups excluding carboxylic acids is 1. The summed E-state index contributed by atoms with van der Waals surface area (Å²) in [7, 11) is 1.57. The molecule has 6 nitrogen and oxygen atoms in total. The maximum absolute atomic E-state index is 12.5. The first-order chi connectivity index (χ1) is 15.1. The van der Waals surface area contributed by atoms with Gasteiger partial charge in [0.1, 0.15) is 17.4 Å². The van der Waals surface area contributed by atoms with E-state index in [9.17, 15) is 10.1 Å². The molecule has 0 unspecified atom stereocenters. The van der Waals surface area contributed by atoms with E-state index in [1.165, 1.54) is 18.9 Å². The summed E-state index contributed by atoms with van der Waals surface area (Å²) in [4.78, 5) is 12.5. The van der Waals surface area contributed by atoms with Crippen LogP contribution < -0.4 is 19.5 Å². The van der Waals surface area contributed by atoms with Crippen LogP contribution in [0, 0.1) is 11.3 Å². The van der Waals surface area contributed by atoms with Crippen LogP contribution in [-0.2, 0) is 4.79 Å². The summed E-state index contributed by atoms with van der Waals surface area (Å²) >= 11 is 0. The van der Waals surface area contributed by atoms with Gasteiger partial charge in [-0.3, -0.25) is 4.79 Å². The molecule has 0 aliphatic heterocycles. The zero-order valence-electron chi connectivity index (χ0n) is 18.4. The fraction of sp³-hybridized carbons (Fsp3) is 0.360. The number of hydrogen-bond donors (Lipinski definition) is 1. The minimum Gasteiger partial charge on any atom is -0.497 e. The number of nitriles is 1. The highest BCUT2D eigenvalue weighted by atomic mass is 16.5. The molecule has 2 aromatic carbocycles. The van der Waals surface area contributed by atoms with Gasteiger partial charge in [-0.1, -0.05) is 32.3 Å². The molecule has 0 aliphatic carbocycles. The molecule has 0 aromatic heterocycles. The SMILES string of the molecule is CCCCCCOc1ccc(/C=C(/C#N)C(=O)Nc2ccc(OC)cc2)cc1OCC. The molecule has 0 fully saturated rings. The van der Waals surface area contributed by atoms with Gasteiger partial charge in [0.25, 0.3) is 5.91 Å². The average Bonchev–Trinajstić information content (AvgIpc) is 2.79. The van der Waals surface area contributed by atoms with Gasteiger partial charge >= 0.3 is 0 Å². The minimum atomic E-state index is -0.484. The number of nitrogens with one attached hydrogen (secondary N) is 1. The Morgan fingerprint density at radius 2 is 1.81 bits per heavy atom. The van der Waals surface area contributed by atoms with Gasteiger partial charge in [0.05, 0.1) is 20.3 Å². The third kappa shape index (κ3) is 7.71. The van der Waals surface area contributed by atoms with Gasteiger partial charge in [-0.05, 0) is 61.4 Å². The average molecular weight is 423 g/mol. The van der Waals surface area contributed by atoms with Crippen LogP contribution in [0.2, 0.25) is 0 Å². The number of ether oxygens (including phenoxy) is 3. The lowest BCUT2D eigenvalue weighted by Gasteiger charge is -2.13. The first-order valence-corrected chi connectivity index (χ1v) is 10.6. The van der Waals surface area contributed by atoms with Gasteiger partial charge < -0.3 is 19.5 Å². The van der Waals surface area contributed by atoms with Crippen molar-refractivity contribution in [2.45, 2.75) is 39.5 Å². The molecule has 0 bridgehead atoms. The van der Waals surface area contributed by atoms with E-state index in [0.29, 0.717) is 41.7 Å². The highest BCUT2D eigenvalue weighted by Crippen LogP contribution is 2.30. The van der Waals surface area contributed by atoms with Crippen molar-refractivity contribution < 1.29 is 19.0 Å². The molecular formula is C25H30N2O4. The second-order valence-corrected chi connectivity index (χ2v) is 6.90. The highest BCUT2D eigenvalue weighted by Gasteiger charge is 2.12. The lowest BCUT2D eigenvalue weighted by Crippen LogP contribution is -2.13. The van der Waals surface area contributed by atoms with E-state index < -0.39 is 5.91 Å². The summed E-state index contributed by atoms with van der Waals surface area (Å²) in [5.41, 5.74) is 1.25. The van der Waals surface area contributed by atoms with E-state index in [0.717, 1.165) is 12.8 Å². The molecule has 2 rings (SSSR count). The van der Waals surface area contributed by atoms with Crippen LogP contribution in [0.25, 0.3) is 6.08 Å². The molecule has 0 atom stereocenters. The number of carbonyl (C=O) groups is 1. The van der Waals surface area contributed by atoms with Crippen molar-refractivity contribution in [3.63, 3.8) is 0 Å². The zero-order valence-corrected chi connectivity index (χ0v) is 18.4. The third-order valence-corrected chi connectivity index (χ3v) is 4.55. The van der Waals surface area contributed by atoms with E-state index >= 15 is 0 Å². The molecule has 0 radical (unpaired) electrons. The van der Waals surface area contributed by atoms with E-state index in [1.54, 1.807) is 37.4 Å². The third-order valence-electron chi connectivity index (χ3n) is 4.55.